The highest BCUT2D eigenvalue weighted by molar-refractivity contribution is 5.85. The number of aryl methyl sites for hydroxylation is 2. The summed E-state index contributed by atoms with van der Waals surface area (Å²) in [5, 5.41) is 0. The standard InChI is InChI=1S/C25H28N4O2/c1-2-18-14-22-23(27-24(18)30)13-17(15-26-22)16-28-9-11-29(12-10-28)25(31)21-8-7-19-5-3-4-6-20(19)21/h3-6,13-15,21H,2,7-12,16H2,1H3,(H,27,30). The van der Waals surface area contributed by atoms with Crippen molar-refractivity contribution in [1.82, 2.24) is 19.8 Å². The van der Waals surface area contributed by atoms with Crippen molar-refractivity contribution in [3.63, 3.8) is 0 Å². The van der Waals surface area contributed by atoms with E-state index in [1.807, 2.05) is 36.2 Å². The molecule has 0 saturated carbocycles. The molecular formula is C25H28N4O2. The number of fused-ring (bicyclic) bond motifs is 2. The normalized spacial score (nSPS) is 19.0. The second-order valence-corrected chi connectivity index (χ2v) is 8.65. The fourth-order valence-corrected chi connectivity index (χ4v) is 4.93. The number of rotatable bonds is 4. The number of benzene rings is 1. The van der Waals surface area contributed by atoms with Gasteiger partial charge < -0.3 is 9.88 Å². The van der Waals surface area contributed by atoms with E-state index in [9.17, 15) is 9.59 Å². The molecular weight excluding hydrogens is 388 g/mol. The first-order valence-electron chi connectivity index (χ1n) is 11.2. The van der Waals surface area contributed by atoms with Crippen LogP contribution >= 0.6 is 0 Å². The molecule has 6 nitrogen and oxygen atoms in total. The van der Waals surface area contributed by atoms with E-state index in [0.29, 0.717) is 6.42 Å². The maximum Gasteiger partial charge on any atom is 0.251 e. The average Bonchev–Trinajstić information content (AvgIpc) is 3.23. The van der Waals surface area contributed by atoms with E-state index < -0.39 is 0 Å². The molecule has 1 N–H and O–H groups in total. The van der Waals surface area contributed by atoms with E-state index in [4.69, 9.17) is 0 Å². The van der Waals surface area contributed by atoms with Crippen molar-refractivity contribution in [3.8, 4) is 0 Å². The molecule has 5 rings (SSSR count). The molecule has 1 aromatic carbocycles. The van der Waals surface area contributed by atoms with Crippen molar-refractivity contribution in [2.75, 3.05) is 26.2 Å². The van der Waals surface area contributed by atoms with Gasteiger partial charge in [0.15, 0.2) is 0 Å². The lowest BCUT2D eigenvalue weighted by molar-refractivity contribution is -0.134. The van der Waals surface area contributed by atoms with Crippen LogP contribution in [-0.4, -0.2) is 51.9 Å². The molecule has 1 atom stereocenters. The second kappa shape index (κ2) is 8.27. The summed E-state index contributed by atoms with van der Waals surface area (Å²) in [6, 6.07) is 12.3. The summed E-state index contributed by atoms with van der Waals surface area (Å²) < 4.78 is 0. The molecule has 3 aromatic rings. The molecule has 31 heavy (non-hydrogen) atoms. The minimum atomic E-state index is -0.0328. The predicted molar refractivity (Wildman–Crippen MR) is 121 cm³/mol. The molecule has 0 bridgehead atoms. The molecule has 1 aliphatic carbocycles. The molecule has 6 heteroatoms. The van der Waals surface area contributed by atoms with Crippen molar-refractivity contribution < 1.29 is 4.79 Å². The molecule has 1 amide bonds. The smallest absolute Gasteiger partial charge is 0.251 e. The third-order valence-electron chi connectivity index (χ3n) is 6.73. The Balaban J connectivity index is 1.22. The highest BCUT2D eigenvalue weighted by Gasteiger charge is 2.32. The number of nitrogens with one attached hydrogen (secondary N) is 1. The van der Waals surface area contributed by atoms with Crippen LogP contribution in [0, 0.1) is 0 Å². The van der Waals surface area contributed by atoms with Gasteiger partial charge in [-0.15, -0.1) is 0 Å². The van der Waals surface area contributed by atoms with Gasteiger partial charge >= 0.3 is 0 Å². The summed E-state index contributed by atoms with van der Waals surface area (Å²) in [5.41, 5.74) is 5.97. The van der Waals surface area contributed by atoms with Gasteiger partial charge in [-0.05, 0) is 48.1 Å². The Morgan fingerprint density at radius 2 is 1.97 bits per heavy atom. The fraction of sp³-hybridized carbons (Fsp3) is 0.400. The number of pyridine rings is 2. The number of nitrogens with zero attached hydrogens (tertiary/aromatic N) is 3. The van der Waals surface area contributed by atoms with Gasteiger partial charge in [0.1, 0.15) is 0 Å². The van der Waals surface area contributed by atoms with Gasteiger partial charge in [0, 0.05) is 44.5 Å². The van der Waals surface area contributed by atoms with Crippen LogP contribution in [-0.2, 0) is 24.2 Å². The minimum absolute atomic E-state index is 0.0253. The monoisotopic (exact) mass is 416 g/mol. The predicted octanol–water partition coefficient (Wildman–Crippen LogP) is 2.86. The van der Waals surface area contributed by atoms with E-state index in [-0.39, 0.29) is 17.4 Å². The first kappa shape index (κ1) is 19.9. The van der Waals surface area contributed by atoms with Gasteiger partial charge in [-0.3, -0.25) is 19.5 Å². The molecule has 3 heterocycles. The van der Waals surface area contributed by atoms with Crippen LogP contribution in [0.4, 0.5) is 0 Å². The number of carbonyl (C=O) groups excluding carboxylic acids is 1. The number of hydrogen-bond acceptors (Lipinski definition) is 4. The van der Waals surface area contributed by atoms with Gasteiger partial charge in [-0.1, -0.05) is 31.2 Å². The number of aromatic amines is 1. The van der Waals surface area contributed by atoms with Crippen LogP contribution in [0.1, 0.15) is 41.5 Å². The van der Waals surface area contributed by atoms with E-state index in [1.54, 1.807) is 0 Å². The van der Waals surface area contributed by atoms with Crippen LogP contribution in [0.3, 0.4) is 0 Å². The Bertz CT molecular complexity index is 1180. The third kappa shape index (κ3) is 3.88. The number of hydrogen-bond donors (Lipinski definition) is 1. The Morgan fingerprint density at radius 1 is 1.16 bits per heavy atom. The average molecular weight is 417 g/mol. The molecule has 2 aromatic heterocycles. The van der Waals surface area contributed by atoms with Gasteiger partial charge in [0.25, 0.3) is 5.56 Å². The van der Waals surface area contributed by atoms with E-state index in [1.165, 1.54) is 11.1 Å². The number of amides is 1. The van der Waals surface area contributed by atoms with Gasteiger partial charge in [0.2, 0.25) is 5.91 Å². The molecule has 1 fully saturated rings. The maximum absolute atomic E-state index is 13.1. The highest BCUT2D eigenvalue weighted by Crippen LogP contribution is 2.34. The number of aromatic nitrogens is 2. The first-order valence-corrected chi connectivity index (χ1v) is 11.2. The van der Waals surface area contributed by atoms with Crippen LogP contribution in [0.2, 0.25) is 0 Å². The summed E-state index contributed by atoms with van der Waals surface area (Å²) >= 11 is 0. The zero-order valence-electron chi connectivity index (χ0n) is 17.9. The van der Waals surface area contributed by atoms with Crippen LogP contribution in [0.25, 0.3) is 11.0 Å². The zero-order chi connectivity index (χ0) is 21.4. The Hall–Kier alpha value is -2.99. The fourth-order valence-electron chi connectivity index (χ4n) is 4.93. The number of piperazine rings is 1. The van der Waals surface area contributed by atoms with E-state index in [2.05, 4.69) is 33.1 Å². The molecule has 0 spiro atoms. The third-order valence-corrected chi connectivity index (χ3v) is 6.73. The topological polar surface area (TPSA) is 69.3 Å². The number of carbonyl (C=O) groups is 1. The highest BCUT2D eigenvalue weighted by atomic mass is 16.2. The quantitative estimate of drug-likeness (QED) is 0.710. The summed E-state index contributed by atoms with van der Waals surface area (Å²) in [5.74, 6) is 0.304. The van der Waals surface area contributed by atoms with Crippen molar-refractivity contribution in [2.24, 2.45) is 0 Å². The van der Waals surface area contributed by atoms with Crippen molar-refractivity contribution >= 4 is 16.9 Å². The Morgan fingerprint density at radius 3 is 2.77 bits per heavy atom. The summed E-state index contributed by atoms with van der Waals surface area (Å²) in [7, 11) is 0. The summed E-state index contributed by atoms with van der Waals surface area (Å²) in [6.07, 6.45) is 4.53. The first-order chi connectivity index (χ1) is 15.1. The second-order valence-electron chi connectivity index (χ2n) is 8.65. The number of H-pyrrole nitrogens is 1. The van der Waals surface area contributed by atoms with Crippen LogP contribution < -0.4 is 5.56 Å². The van der Waals surface area contributed by atoms with E-state index in [0.717, 1.165) is 67.7 Å². The summed E-state index contributed by atoms with van der Waals surface area (Å²) in [4.78, 5) is 37.1. The largest absolute Gasteiger partial charge is 0.340 e. The van der Waals surface area contributed by atoms with Gasteiger partial charge in [0.05, 0.1) is 17.0 Å². The lowest BCUT2D eigenvalue weighted by Gasteiger charge is -2.36. The van der Waals surface area contributed by atoms with E-state index >= 15 is 0 Å². The molecule has 1 saturated heterocycles. The lowest BCUT2D eigenvalue weighted by atomic mass is 9.99. The molecule has 1 aliphatic heterocycles. The van der Waals surface area contributed by atoms with Crippen molar-refractivity contribution in [3.05, 3.63) is 75.2 Å². The Kier molecular flexibility index (Phi) is 5.32. The van der Waals surface area contributed by atoms with Crippen LogP contribution in [0.15, 0.2) is 47.4 Å². The van der Waals surface area contributed by atoms with Crippen LogP contribution in [0.5, 0.6) is 0 Å². The molecule has 2 aliphatic rings. The Labute approximate surface area is 181 Å². The minimum Gasteiger partial charge on any atom is -0.340 e. The van der Waals surface area contributed by atoms with Gasteiger partial charge in [-0.2, -0.15) is 0 Å². The van der Waals surface area contributed by atoms with Crippen molar-refractivity contribution in [2.45, 2.75) is 38.6 Å². The summed E-state index contributed by atoms with van der Waals surface area (Å²) in [6.45, 7) is 5.96. The zero-order valence-corrected chi connectivity index (χ0v) is 17.9. The SMILES string of the molecule is CCc1cc2ncc(CN3CCN(C(=O)C4CCc5ccccc54)CC3)cc2[nH]c1=O. The lowest BCUT2D eigenvalue weighted by Crippen LogP contribution is -2.49. The maximum atomic E-state index is 13.1. The van der Waals surface area contributed by atoms with Crippen molar-refractivity contribution in [1.29, 1.82) is 0 Å². The molecule has 160 valence electrons. The van der Waals surface area contributed by atoms with Gasteiger partial charge in [-0.25, -0.2) is 0 Å². The molecule has 0 radical (unpaired) electrons. The molecule has 1 unspecified atom stereocenters.